The van der Waals surface area contributed by atoms with Crippen LogP contribution in [0.3, 0.4) is 0 Å². The monoisotopic (exact) mass is 395 g/mol. The summed E-state index contributed by atoms with van der Waals surface area (Å²) < 4.78 is 16.9. The fraction of sp³-hybridized carbons (Fsp3) is 0.455. The van der Waals surface area contributed by atoms with Crippen molar-refractivity contribution in [3.8, 4) is 11.5 Å². The largest absolute Gasteiger partial charge is 0.497 e. The van der Waals surface area contributed by atoms with Gasteiger partial charge in [-0.2, -0.15) is 4.99 Å². The van der Waals surface area contributed by atoms with Crippen LogP contribution in [0.25, 0.3) is 0 Å². The SMILES string of the molecule is COc1ccc(C(=O)N2CCCN(C3=NC4=CC=CC5CC45O3)CC2)c(OC)c1. The maximum absolute atomic E-state index is 13.1. The van der Waals surface area contributed by atoms with Gasteiger partial charge in [0.2, 0.25) is 0 Å². The van der Waals surface area contributed by atoms with E-state index in [4.69, 9.17) is 19.2 Å². The Morgan fingerprint density at radius 1 is 1.21 bits per heavy atom. The summed E-state index contributed by atoms with van der Waals surface area (Å²) in [6.07, 6.45) is 8.21. The number of methoxy groups -OCH3 is 2. The molecule has 1 saturated heterocycles. The molecular weight excluding hydrogens is 370 g/mol. The third-order valence-corrected chi connectivity index (χ3v) is 6.18. The molecule has 2 heterocycles. The van der Waals surface area contributed by atoms with Crippen LogP contribution in [0.2, 0.25) is 0 Å². The van der Waals surface area contributed by atoms with Gasteiger partial charge in [-0.25, -0.2) is 0 Å². The summed E-state index contributed by atoms with van der Waals surface area (Å²) in [5, 5.41) is 0. The molecule has 0 bridgehead atoms. The number of nitrogens with zero attached hydrogens (tertiary/aromatic N) is 3. The highest BCUT2D eigenvalue weighted by Gasteiger charge is 2.63. The second-order valence-corrected chi connectivity index (χ2v) is 7.83. The predicted octanol–water partition coefficient (Wildman–Crippen LogP) is 2.45. The Bertz CT molecular complexity index is 938. The Labute approximate surface area is 170 Å². The zero-order chi connectivity index (χ0) is 20.0. The quantitative estimate of drug-likeness (QED) is 0.787. The number of aliphatic imine (C=N–C) groups is 1. The van der Waals surface area contributed by atoms with Gasteiger partial charge in [0.25, 0.3) is 11.9 Å². The number of amides is 1. The predicted molar refractivity (Wildman–Crippen MR) is 108 cm³/mol. The summed E-state index contributed by atoms with van der Waals surface area (Å²) in [5.74, 6) is 1.62. The van der Waals surface area contributed by atoms with Crippen LogP contribution in [-0.2, 0) is 4.74 Å². The molecule has 0 aromatic heterocycles. The van der Waals surface area contributed by atoms with Crippen LogP contribution in [0.15, 0.2) is 47.1 Å². The Balaban J connectivity index is 1.28. The Hall–Kier alpha value is -2.96. The lowest BCUT2D eigenvalue weighted by atomic mass is 10.1. The van der Waals surface area contributed by atoms with E-state index in [1.807, 2.05) is 4.90 Å². The molecule has 5 rings (SSSR count). The molecule has 1 aromatic carbocycles. The molecule has 4 aliphatic rings. The van der Waals surface area contributed by atoms with E-state index >= 15 is 0 Å². The van der Waals surface area contributed by atoms with Crippen LogP contribution in [0, 0.1) is 5.92 Å². The molecule has 2 unspecified atom stereocenters. The van der Waals surface area contributed by atoms with Gasteiger partial charge in [0.1, 0.15) is 11.5 Å². The van der Waals surface area contributed by atoms with E-state index in [9.17, 15) is 4.79 Å². The number of rotatable bonds is 3. The molecule has 2 fully saturated rings. The number of carbonyl (C=O) groups excluding carboxylic acids is 1. The molecule has 29 heavy (non-hydrogen) atoms. The third kappa shape index (κ3) is 2.96. The minimum absolute atomic E-state index is 0.0259. The maximum Gasteiger partial charge on any atom is 0.293 e. The minimum Gasteiger partial charge on any atom is -0.497 e. The second-order valence-electron chi connectivity index (χ2n) is 7.83. The number of amidine groups is 1. The van der Waals surface area contributed by atoms with Crippen molar-refractivity contribution in [1.29, 1.82) is 0 Å². The molecule has 0 N–H and O–H groups in total. The molecule has 1 spiro atoms. The number of hydrogen-bond donors (Lipinski definition) is 0. The summed E-state index contributed by atoms with van der Waals surface area (Å²) in [5.41, 5.74) is 1.39. The van der Waals surface area contributed by atoms with E-state index < -0.39 is 0 Å². The van der Waals surface area contributed by atoms with Gasteiger partial charge in [-0.3, -0.25) is 4.79 Å². The van der Waals surface area contributed by atoms with Gasteiger partial charge < -0.3 is 24.0 Å². The number of ether oxygens (including phenoxy) is 3. The average Bonchev–Trinajstić information content (AvgIpc) is 3.43. The smallest absolute Gasteiger partial charge is 0.293 e. The summed E-state index contributed by atoms with van der Waals surface area (Å²) in [4.78, 5) is 21.9. The highest BCUT2D eigenvalue weighted by molar-refractivity contribution is 5.97. The highest BCUT2D eigenvalue weighted by atomic mass is 16.5. The van der Waals surface area contributed by atoms with E-state index in [1.54, 1.807) is 32.4 Å². The van der Waals surface area contributed by atoms with Gasteiger partial charge in [-0.1, -0.05) is 12.2 Å². The number of carbonyl (C=O) groups is 1. The fourth-order valence-corrected chi connectivity index (χ4v) is 4.39. The van der Waals surface area contributed by atoms with Crippen LogP contribution in [-0.4, -0.2) is 67.7 Å². The number of benzene rings is 1. The van der Waals surface area contributed by atoms with Crippen molar-refractivity contribution in [1.82, 2.24) is 9.80 Å². The Morgan fingerprint density at radius 3 is 2.90 bits per heavy atom. The van der Waals surface area contributed by atoms with Crippen LogP contribution in [0.5, 0.6) is 11.5 Å². The van der Waals surface area contributed by atoms with Crippen molar-refractivity contribution in [2.24, 2.45) is 10.9 Å². The molecule has 152 valence electrons. The number of allylic oxidation sites excluding steroid dienone is 2. The van der Waals surface area contributed by atoms with E-state index in [0.717, 1.165) is 25.1 Å². The summed E-state index contributed by atoms with van der Waals surface area (Å²) in [7, 11) is 3.16. The van der Waals surface area contributed by atoms with Gasteiger partial charge in [0.05, 0.1) is 25.5 Å². The second kappa shape index (κ2) is 6.83. The van der Waals surface area contributed by atoms with Gasteiger partial charge in [-0.15, -0.1) is 0 Å². The van der Waals surface area contributed by atoms with Crippen LogP contribution < -0.4 is 9.47 Å². The summed E-state index contributed by atoms with van der Waals surface area (Å²) in [6, 6.07) is 6.01. The molecular formula is C22H25N3O4. The van der Waals surface area contributed by atoms with Crippen molar-refractivity contribution < 1.29 is 19.0 Å². The molecule has 7 nitrogen and oxygen atoms in total. The molecule has 1 amide bonds. The first-order valence-electron chi connectivity index (χ1n) is 10.1. The summed E-state index contributed by atoms with van der Waals surface area (Å²) in [6.45, 7) is 2.83. The molecule has 2 aliphatic carbocycles. The normalized spacial score (nSPS) is 27.2. The number of hydrogen-bond acceptors (Lipinski definition) is 6. The van der Waals surface area contributed by atoms with E-state index in [0.29, 0.717) is 48.6 Å². The lowest BCUT2D eigenvalue weighted by Gasteiger charge is -2.24. The van der Waals surface area contributed by atoms with E-state index in [2.05, 4.69) is 23.1 Å². The molecule has 7 heteroatoms. The van der Waals surface area contributed by atoms with Crippen LogP contribution in [0.4, 0.5) is 0 Å². The van der Waals surface area contributed by atoms with Crippen molar-refractivity contribution >= 4 is 11.9 Å². The van der Waals surface area contributed by atoms with Crippen molar-refractivity contribution in [2.45, 2.75) is 18.4 Å². The zero-order valence-corrected chi connectivity index (χ0v) is 16.8. The topological polar surface area (TPSA) is 63.6 Å². The average molecular weight is 395 g/mol. The Morgan fingerprint density at radius 2 is 2.10 bits per heavy atom. The van der Waals surface area contributed by atoms with Crippen molar-refractivity contribution in [2.75, 3.05) is 40.4 Å². The third-order valence-electron chi connectivity index (χ3n) is 6.18. The lowest BCUT2D eigenvalue weighted by Crippen LogP contribution is -2.38. The van der Waals surface area contributed by atoms with Crippen LogP contribution >= 0.6 is 0 Å². The molecule has 2 atom stereocenters. The maximum atomic E-state index is 13.1. The van der Waals surface area contributed by atoms with E-state index in [1.165, 1.54) is 0 Å². The highest BCUT2D eigenvalue weighted by Crippen LogP contribution is 2.57. The Kier molecular flexibility index (Phi) is 4.26. The van der Waals surface area contributed by atoms with E-state index in [-0.39, 0.29) is 11.5 Å². The zero-order valence-electron chi connectivity index (χ0n) is 16.8. The van der Waals surface area contributed by atoms with Gasteiger partial charge >= 0.3 is 0 Å². The van der Waals surface area contributed by atoms with Crippen molar-refractivity contribution in [3.05, 3.63) is 47.7 Å². The molecule has 2 aliphatic heterocycles. The minimum atomic E-state index is -0.206. The first-order valence-corrected chi connectivity index (χ1v) is 10.1. The first kappa shape index (κ1) is 18.1. The van der Waals surface area contributed by atoms with Gasteiger partial charge in [-0.05, 0) is 24.6 Å². The van der Waals surface area contributed by atoms with Gasteiger partial charge in [0, 0.05) is 44.6 Å². The summed E-state index contributed by atoms with van der Waals surface area (Å²) >= 11 is 0. The molecule has 1 saturated carbocycles. The molecule has 0 radical (unpaired) electrons. The standard InChI is InChI=1S/C22H25N3O4/c1-27-16-7-8-17(18(13-16)28-2)20(26)24-9-4-10-25(12-11-24)21-23-19-6-3-5-15-14-22(15,19)29-21/h3,5-8,13,15H,4,9-12,14H2,1-2H3. The van der Waals surface area contributed by atoms with Crippen molar-refractivity contribution in [3.63, 3.8) is 0 Å². The first-order chi connectivity index (χ1) is 14.1. The molecule has 1 aromatic rings. The van der Waals surface area contributed by atoms with Gasteiger partial charge in [0.15, 0.2) is 5.60 Å². The lowest BCUT2D eigenvalue weighted by molar-refractivity contribution is 0.0758. The van der Waals surface area contributed by atoms with Crippen LogP contribution in [0.1, 0.15) is 23.2 Å². The fourth-order valence-electron chi connectivity index (χ4n) is 4.39.